The van der Waals surface area contributed by atoms with Crippen molar-refractivity contribution in [1.82, 2.24) is 15.8 Å². The van der Waals surface area contributed by atoms with Crippen molar-refractivity contribution in [1.29, 1.82) is 0 Å². The minimum Gasteiger partial charge on any atom is -0.273 e. The SMILES string of the molecule is Cc1ccc(C(=O)NNC(=O)Cc2ccccc2)cn1. The quantitative estimate of drug-likeness (QED) is 0.827. The Balaban J connectivity index is 1.84. The van der Waals surface area contributed by atoms with Gasteiger partial charge in [0.25, 0.3) is 5.91 Å². The molecule has 0 radical (unpaired) electrons. The third-order valence-electron chi connectivity index (χ3n) is 2.70. The molecule has 0 aliphatic carbocycles. The maximum atomic E-state index is 11.7. The number of hydrogen-bond donors (Lipinski definition) is 2. The molecule has 0 saturated heterocycles. The zero-order valence-corrected chi connectivity index (χ0v) is 11.1. The first-order valence-electron chi connectivity index (χ1n) is 6.21. The van der Waals surface area contributed by atoms with Crippen LogP contribution in [0.1, 0.15) is 21.6 Å². The molecule has 1 heterocycles. The van der Waals surface area contributed by atoms with Crippen LogP contribution in [0.15, 0.2) is 48.7 Å². The van der Waals surface area contributed by atoms with E-state index >= 15 is 0 Å². The van der Waals surface area contributed by atoms with Crippen LogP contribution in [0.4, 0.5) is 0 Å². The van der Waals surface area contributed by atoms with Crippen LogP contribution in [0.2, 0.25) is 0 Å². The molecule has 0 atom stereocenters. The summed E-state index contributed by atoms with van der Waals surface area (Å²) in [6, 6.07) is 12.7. The number of carbonyl (C=O) groups excluding carboxylic acids is 2. The van der Waals surface area contributed by atoms with Crippen molar-refractivity contribution in [3.05, 3.63) is 65.5 Å². The van der Waals surface area contributed by atoms with E-state index in [4.69, 9.17) is 0 Å². The molecule has 102 valence electrons. The van der Waals surface area contributed by atoms with Gasteiger partial charge in [0.15, 0.2) is 0 Å². The Labute approximate surface area is 117 Å². The summed E-state index contributed by atoms with van der Waals surface area (Å²) in [6.45, 7) is 1.84. The smallest absolute Gasteiger partial charge is 0.271 e. The fourth-order valence-electron chi connectivity index (χ4n) is 1.63. The number of nitrogens with one attached hydrogen (secondary N) is 2. The van der Waals surface area contributed by atoms with Gasteiger partial charge in [0.1, 0.15) is 0 Å². The number of rotatable bonds is 3. The number of carbonyl (C=O) groups is 2. The molecular formula is C15H15N3O2. The molecule has 1 aromatic heterocycles. The predicted molar refractivity (Wildman–Crippen MR) is 74.7 cm³/mol. The lowest BCUT2D eigenvalue weighted by molar-refractivity contribution is -0.121. The Morgan fingerprint density at radius 2 is 1.80 bits per heavy atom. The van der Waals surface area contributed by atoms with E-state index in [1.807, 2.05) is 37.3 Å². The van der Waals surface area contributed by atoms with Crippen LogP contribution in [0, 0.1) is 6.92 Å². The average molecular weight is 269 g/mol. The van der Waals surface area contributed by atoms with Crippen molar-refractivity contribution >= 4 is 11.8 Å². The predicted octanol–water partition coefficient (Wildman–Crippen LogP) is 1.39. The number of hydrazine groups is 1. The van der Waals surface area contributed by atoms with Gasteiger partial charge in [-0.05, 0) is 24.6 Å². The molecule has 0 bridgehead atoms. The second-order valence-corrected chi connectivity index (χ2v) is 4.35. The molecule has 2 rings (SSSR count). The first-order chi connectivity index (χ1) is 9.65. The minimum absolute atomic E-state index is 0.216. The normalized spacial score (nSPS) is 9.85. The fourth-order valence-corrected chi connectivity index (χ4v) is 1.63. The van der Waals surface area contributed by atoms with Gasteiger partial charge in [-0.3, -0.25) is 25.4 Å². The van der Waals surface area contributed by atoms with E-state index in [0.717, 1.165) is 11.3 Å². The van der Waals surface area contributed by atoms with Gasteiger partial charge < -0.3 is 0 Å². The highest BCUT2D eigenvalue weighted by Gasteiger charge is 2.07. The Morgan fingerprint density at radius 1 is 1.05 bits per heavy atom. The van der Waals surface area contributed by atoms with Crippen LogP contribution in [0.3, 0.4) is 0 Å². The van der Waals surface area contributed by atoms with Gasteiger partial charge in [-0.15, -0.1) is 0 Å². The van der Waals surface area contributed by atoms with Crippen molar-refractivity contribution < 1.29 is 9.59 Å². The van der Waals surface area contributed by atoms with Crippen LogP contribution in [-0.2, 0) is 11.2 Å². The maximum absolute atomic E-state index is 11.7. The molecule has 0 saturated carbocycles. The fraction of sp³-hybridized carbons (Fsp3) is 0.133. The number of aromatic nitrogens is 1. The molecule has 2 N–H and O–H groups in total. The first-order valence-corrected chi connectivity index (χ1v) is 6.21. The van der Waals surface area contributed by atoms with E-state index in [0.29, 0.717) is 5.56 Å². The summed E-state index contributed by atoms with van der Waals surface area (Å²) in [4.78, 5) is 27.4. The number of amides is 2. The zero-order chi connectivity index (χ0) is 14.4. The van der Waals surface area contributed by atoms with Gasteiger partial charge in [0.05, 0.1) is 12.0 Å². The van der Waals surface area contributed by atoms with Crippen molar-refractivity contribution in [3.8, 4) is 0 Å². The van der Waals surface area contributed by atoms with Crippen LogP contribution < -0.4 is 10.9 Å². The van der Waals surface area contributed by atoms with Gasteiger partial charge >= 0.3 is 0 Å². The Morgan fingerprint density at radius 3 is 2.45 bits per heavy atom. The van der Waals surface area contributed by atoms with Crippen molar-refractivity contribution in [2.24, 2.45) is 0 Å². The zero-order valence-electron chi connectivity index (χ0n) is 11.1. The van der Waals surface area contributed by atoms with Gasteiger partial charge in [-0.1, -0.05) is 30.3 Å². The van der Waals surface area contributed by atoms with Crippen LogP contribution in [-0.4, -0.2) is 16.8 Å². The van der Waals surface area contributed by atoms with Gasteiger partial charge in [0.2, 0.25) is 5.91 Å². The molecule has 1 aromatic carbocycles. The van der Waals surface area contributed by atoms with E-state index in [9.17, 15) is 9.59 Å². The van der Waals surface area contributed by atoms with Gasteiger partial charge in [0, 0.05) is 11.9 Å². The Hall–Kier alpha value is -2.69. The molecule has 20 heavy (non-hydrogen) atoms. The van der Waals surface area contributed by atoms with Gasteiger partial charge in [-0.2, -0.15) is 0 Å². The summed E-state index contributed by atoms with van der Waals surface area (Å²) in [5.74, 6) is -0.663. The Bertz CT molecular complexity index is 594. The van der Waals surface area contributed by atoms with E-state index in [-0.39, 0.29) is 18.2 Å². The summed E-state index contributed by atoms with van der Waals surface area (Å²) in [5, 5.41) is 0. The number of aryl methyl sites for hydroxylation is 1. The third kappa shape index (κ3) is 3.91. The molecule has 5 heteroatoms. The molecule has 2 amide bonds. The van der Waals surface area contributed by atoms with Gasteiger partial charge in [-0.25, -0.2) is 0 Å². The largest absolute Gasteiger partial charge is 0.273 e. The molecule has 0 spiro atoms. The van der Waals surface area contributed by atoms with E-state index < -0.39 is 0 Å². The topological polar surface area (TPSA) is 71.1 Å². The second kappa shape index (κ2) is 6.47. The van der Waals surface area contributed by atoms with Crippen molar-refractivity contribution in [2.75, 3.05) is 0 Å². The summed E-state index contributed by atoms with van der Waals surface area (Å²) in [7, 11) is 0. The first kappa shape index (κ1) is 13.7. The molecule has 0 unspecified atom stereocenters. The molecule has 2 aromatic rings. The Kier molecular flexibility index (Phi) is 4.44. The lowest BCUT2D eigenvalue weighted by atomic mass is 10.1. The highest BCUT2D eigenvalue weighted by molar-refractivity contribution is 5.95. The summed E-state index contributed by atoms with van der Waals surface area (Å²) in [5.41, 5.74) is 6.85. The highest BCUT2D eigenvalue weighted by Crippen LogP contribution is 2.00. The number of nitrogens with zero attached hydrogens (tertiary/aromatic N) is 1. The number of benzene rings is 1. The van der Waals surface area contributed by atoms with Crippen molar-refractivity contribution in [3.63, 3.8) is 0 Å². The average Bonchev–Trinajstić information content (AvgIpc) is 2.46. The number of pyridine rings is 1. The van der Waals surface area contributed by atoms with Crippen LogP contribution in [0.5, 0.6) is 0 Å². The van der Waals surface area contributed by atoms with Crippen molar-refractivity contribution in [2.45, 2.75) is 13.3 Å². The molecular weight excluding hydrogens is 254 g/mol. The monoisotopic (exact) mass is 269 g/mol. The second-order valence-electron chi connectivity index (χ2n) is 4.35. The lowest BCUT2D eigenvalue weighted by Crippen LogP contribution is -2.42. The van der Waals surface area contributed by atoms with Crippen LogP contribution in [0.25, 0.3) is 0 Å². The van der Waals surface area contributed by atoms with Crippen LogP contribution >= 0.6 is 0 Å². The van der Waals surface area contributed by atoms with E-state index in [2.05, 4.69) is 15.8 Å². The molecule has 0 aliphatic heterocycles. The maximum Gasteiger partial charge on any atom is 0.271 e. The molecule has 0 fully saturated rings. The third-order valence-corrected chi connectivity index (χ3v) is 2.70. The number of hydrogen-bond acceptors (Lipinski definition) is 3. The van der Waals surface area contributed by atoms with E-state index in [1.165, 1.54) is 6.20 Å². The van der Waals surface area contributed by atoms with E-state index in [1.54, 1.807) is 12.1 Å². The summed E-state index contributed by atoms with van der Waals surface area (Å²) < 4.78 is 0. The summed E-state index contributed by atoms with van der Waals surface area (Å²) >= 11 is 0. The summed E-state index contributed by atoms with van der Waals surface area (Å²) in [6.07, 6.45) is 1.68. The highest BCUT2D eigenvalue weighted by atomic mass is 16.2. The standard InChI is InChI=1S/C15H15N3O2/c1-11-7-8-13(10-16-11)15(20)18-17-14(19)9-12-5-3-2-4-6-12/h2-8,10H,9H2,1H3,(H,17,19)(H,18,20). The molecule has 0 aliphatic rings. The lowest BCUT2D eigenvalue weighted by Gasteiger charge is -2.07. The molecule has 5 nitrogen and oxygen atoms in total. The minimum atomic E-state index is -0.390.